The van der Waals surface area contributed by atoms with E-state index in [2.05, 4.69) is 5.32 Å². The second-order valence-electron chi connectivity index (χ2n) is 6.79. The van der Waals surface area contributed by atoms with E-state index in [-0.39, 0.29) is 28.3 Å². The van der Waals surface area contributed by atoms with Crippen LogP contribution in [0.25, 0.3) is 0 Å². The van der Waals surface area contributed by atoms with Gasteiger partial charge in [0.05, 0.1) is 39.5 Å². The minimum atomic E-state index is -0.818. The predicted octanol–water partition coefficient (Wildman–Crippen LogP) is 4.18. The normalized spacial score (nSPS) is 12.6. The fraction of sp³-hybridized carbons (Fsp3) is 0.0909. The van der Waals surface area contributed by atoms with Gasteiger partial charge in [-0.25, -0.2) is 4.79 Å². The molecule has 8 nitrogen and oxygen atoms in total. The van der Waals surface area contributed by atoms with Gasteiger partial charge in [-0.15, -0.1) is 0 Å². The molecule has 1 aliphatic rings. The van der Waals surface area contributed by atoms with Crippen LogP contribution in [0.5, 0.6) is 0 Å². The second kappa shape index (κ2) is 8.86. The fourth-order valence-corrected chi connectivity index (χ4v) is 3.40. The Bertz CT molecular complexity index is 1240. The summed E-state index contributed by atoms with van der Waals surface area (Å²) in [6.07, 6.45) is 1.44. The number of amides is 3. The molecule has 0 fully saturated rings. The monoisotopic (exact) mass is 472 g/mol. The molecule has 32 heavy (non-hydrogen) atoms. The molecule has 0 saturated carbocycles. The molecular formula is C22H14Cl2N2O6. The zero-order valence-corrected chi connectivity index (χ0v) is 17.8. The van der Waals surface area contributed by atoms with E-state index in [0.717, 1.165) is 4.90 Å². The van der Waals surface area contributed by atoms with Gasteiger partial charge >= 0.3 is 5.97 Å². The van der Waals surface area contributed by atoms with Crippen LogP contribution in [0.4, 0.5) is 5.69 Å². The molecule has 1 aromatic heterocycles. The number of fused-ring (bicyclic) bond motifs is 1. The average molecular weight is 473 g/mol. The highest BCUT2D eigenvalue weighted by molar-refractivity contribution is 6.42. The first-order valence-corrected chi connectivity index (χ1v) is 10.0. The molecule has 0 atom stereocenters. The van der Waals surface area contributed by atoms with Crippen molar-refractivity contribution in [1.29, 1.82) is 0 Å². The molecule has 0 saturated heterocycles. The van der Waals surface area contributed by atoms with E-state index in [1.165, 1.54) is 36.6 Å². The molecule has 10 heteroatoms. The lowest BCUT2D eigenvalue weighted by atomic mass is 10.1. The highest BCUT2D eigenvalue weighted by Gasteiger charge is 2.36. The van der Waals surface area contributed by atoms with E-state index >= 15 is 0 Å². The number of nitrogens with zero attached hydrogens (tertiary/aromatic N) is 1. The molecule has 1 aliphatic heterocycles. The summed E-state index contributed by atoms with van der Waals surface area (Å²) in [6, 6.07) is 11.8. The van der Waals surface area contributed by atoms with Crippen LogP contribution in [-0.2, 0) is 16.1 Å². The zero-order valence-electron chi connectivity index (χ0n) is 16.3. The summed E-state index contributed by atoms with van der Waals surface area (Å²) in [7, 11) is 0. The van der Waals surface area contributed by atoms with E-state index in [4.69, 9.17) is 32.4 Å². The molecule has 0 radical (unpaired) electrons. The number of benzene rings is 2. The lowest BCUT2D eigenvalue weighted by Crippen LogP contribution is -2.28. The Labute approximate surface area is 191 Å². The van der Waals surface area contributed by atoms with Gasteiger partial charge in [0.15, 0.2) is 6.61 Å². The van der Waals surface area contributed by atoms with Crippen LogP contribution < -0.4 is 5.32 Å². The van der Waals surface area contributed by atoms with E-state index in [9.17, 15) is 19.2 Å². The van der Waals surface area contributed by atoms with Gasteiger partial charge in [-0.2, -0.15) is 0 Å². The van der Waals surface area contributed by atoms with E-state index in [1.807, 2.05) is 0 Å². The maximum Gasteiger partial charge on any atom is 0.338 e. The zero-order chi connectivity index (χ0) is 22.8. The van der Waals surface area contributed by atoms with Crippen molar-refractivity contribution in [1.82, 2.24) is 4.90 Å². The standard InChI is InChI=1S/C22H14Cl2N2O6/c23-17-6-4-13(9-18(17)24)25-19(27)11-32-22(30)12-3-5-15-16(8-12)21(29)26(20(15)28)10-14-2-1-7-31-14/h1-9H,10-11H2,(H,25,27). The topological polar surface area (TPSA) is 106 Å². The van der Waals surface area contributed by atoms with Crippen molar-refractivity contribution in [2.45, 2.75) is 6.54 Å². The number of esters is 1. The first-order chi connectivity index (χ1) is 15.3. The Morgan fingerprint density at radius 3 is 2.47 bits per heavy atom. The van der Waals surface area contributed by atoms with Crippen molar-refractivity contribution in [3.05, 3.63) is 87.3 Å². The average Bonchev–Trinajstić information content (AvgIpc) is 3.37. The van der Waals surface area contributed by atoms with Crippen molar-refractivity contribution in [3.63, 3.8) is 0 Å². The van der Waals surface area contributed by atoms with Gasteiger partial charge in [0.25, 0.3) is 17.7 Å². The number of rotatable bonds is 6. The maximum atomic E-state index is 12.7. The van der Waals surface area contributed by atoms with Crippen LogP contribution in [0.15, 0.2) is 59.2 Å². The predicted molar refractivity (Wildman–Crippen MR) is 115 cm³/mol. The van der Waals surface area contributed by atoms with E-state index in [0.29, 0.717) is 16.5 Å². The number of ether oxygens (including phenoxy) is 1. The molecule has 2 aromatic carbocycles. The lowest BCUT2D eigenvalue weighted by molar-refractivity contribution is -0.119. The molecule has 3 aromatic rings. The first kappa shape index (κ1) is 21.6. The van der Waals surface area contributed by atoms with Crippen molar-refractivity contribution in [3.8, 4) is 0 Å². The second-order valence-corrected chi connectivity index (χ2v) is 7.60. The summed E-state index contributed by atoms with van der Waals surface area (Å²) < 4.78 is 10.2. The third-order valence-electron chi connectivity index (χ3n) is 4.64. The third kappa shape index (κ3) is 4.37. The molecule has 2 heterocycles. The van der Waals surface area contributed by atoms with Crippen LogP contribution in [0.1, 0.15) is 36.8 Å². The number of hydrogen-bond acceptors (Lipinski definition) is 6. The number of carbonyl (C=O) groups excluding carboxylic acids is 4. The summed E-state index contributed by atoms with van der Waals surface area (Å²) >= 11 is 11.7. The Morgan fingerprint density at radius 2 is 1.75 bits per heavy atom. The number of furan rings is 1. The van der Waals surface area contributed by atoms with Gasteiger partial charge in [-0.3, -0.25) is 19.3 Å². The van der Waals surface area contributed by atoms with Gasteiger partial charge in [-0.1, -0.05) is 23.2 Å². The Morgan fingerprint density at radius 1 is 0.969 bits per heavy atom. The molecule has 4 rings (SSSR count). The van der Waals surface area contributed by atoms with Gasteiger partial charge in [0.1, 0.15) is 5.76 Å². The molecule has 0 aliphatic carbocycles. The smallest absolute Gasteiger partial charge is 0.338 e. The van der Waals surface area contributed by atoms with Crippen molar-refractivity contribution in [2.75, 3.05) is 11.9 Å². The lowest BCUT2D eigenvalue weighted by Gasteiger charge is -2.11. The first-order valence-electron chi connectivity index (χ1n) is 9.28. The maximum absolute atomic E-state index is 12.7. The van der Waals surface area contributed by atoms with E-state index in [1.54, 1.807) is 18.2 Å². The largest absolute Gasteiger partial charge is 0.467 e. The fourth-order valence-electron chi connectivity index (χ4n) is 3.11. The minimum absolute atomic E-state index is 0.0198. The summed E-state index contributed by atoms with van der Waals surface area (Å²) in [6.45, 7) is -0.582. The summed E-state index contributed by atoms with van der Waals surface area (Å²) in [5, 5.41) is 3.12. The summed E-state index contributed by atoms with van der Waals surface area (Å²) in [5.74, 6) is -1.99. The number of nitrogens with one attached hydrogen (secondary N) is 1. The third-order valence-corrected chi connectivity index (χ3v) is 5.38. The molecule has 0 unspecified atom stereocenters. The molecule has 1 N–H and O–H groups in total. The van der Waals surface area contributed by atoms with Crippen LogP contribution in [0.2, 0.25) is 10.0 Å². The van der Waals surface area contributed by atoms with Gasteiger partial charge in [0.2, 0.25) is 0 Å². The molecule has 3 amide bonds. The number of halogens is 2. The minimum Gasteiger partial charge on any atom is -0.467 e. The Kier molecular flexibility index (Phi) is 5.98. The highest BCUT2D eigenvalue weighted by atomic mass is 35.5. The van der Waals surface area contributed by atoms with Gasteiger partial charge in [0, 0.05) is 5.69 Å². The van der Waals surface area contributed by atoms with Crippen LogP contribution in [-0.4, -0.2) is 35.2 Å². The number of hydrogen-bond donors (Lipinski definition) is 1. The summed E-state index contributed by atoms with van der Waals surface area (Å²) in [5.41, 5.74) is 0.678. The van der Waals surface area contributed by atoms with Crippen molar-refractivity contribution < 1.29 is 28.3 Å². The van der Waals surface area contributed by atoms with Crippen LogP contribution in [0, 0.1) is 0 Å². The van der Waals surface area contributed by atoms with Gasteiger partial charge < -0.3 is 14.5 Å². The van der Waals surface area contributed by atoms with Crippen molar-refractivity contribution in [2.24, 2.45) is 0 Å². The quantitative estimate of drug-likeness (QED) is 0.426. The van der Waals surface area contributed by atoms with E-state index < -0.39 is 30.3 Å². The Hall–Kier alpha value is -3.62. The molecule has 0 spiro atoms. The number of anilines is 1. The van der Waals surface area contributed by atoms with Crippen LogP contribution >= 0.6 is 23.2 Å². The molecular weight excluding hydrogens is 459 g/mol. The molecule has 0 bridgehead atoms. The Balaban J connectivity index is 1.40. The highest BCUT2D eigenvalue weighted by Crippen LogP contribution is 2.27. The summed E-state index contributed by atoms with van der Waals surface area (Å²) in [4.78, 5) is 50.6. The SMILES string of the molecule is O=C(COC(=O)c1ccc2c(c1)C(=O)N(Cc1ccco1)C2=O)Nc1ccc(Cl)c(Cl)c1. The van der Waals surface area contributed by atoms with Crippen molar-refractivity contribution >= 4 is 52.6 Å². The number of imide groups is 1. The van der Waals surface area contributed by atoms with Gasteiger partial charge in [-0.05, 0) is 48.5 Å². The number of carbonyl (C=O) groups is 4. The molecule has 162 valence electrons. The van der Waals surface area contributed by atoms with Crippen LogP contribution in [0.3, 0.4) is 0 Å².